The molecule has 1 aliphatic rings. The molecule has 124 valence electrons. The minimum Gasteiger partial charge on any atom is -0.482 e. The number of rotatable bonds is 3. The van der Waals surface area contributed by atoms with Crippen LogP contribution in [0, 0.1) is 0 Å². The molecule has 0 spiro atoms. The minimum absolute atomic E-state index is 0.341. The molecule has 8 heteroatoms. The number of β-amino-alcohol motifs (C(OH)–C–C–N with tert-alkyl or cyclic N) is 1. The highest BCUT2D eigenvalue weighted by Gasteiger charge is 2.34. The zero-order valence-corrected chi connectivity index (χ0v) is 13.8. The number of benzene rings is 1. The van der Waals surface area contributed by atoms with Crippen LogP contribution in [0.15, 0.2) is 36.9 Å². The van der Waals surface area contributed by atoms with Crippen molar-refractivity contribution in [2.45, 2.75) is 12.2 Å². The molecule has 2 aromatic heterocycles. The second-order valence-electron chi connectivity index (χ2n) is 5.84. The predicted molar refractivity (Wildman–Crippen MR) is 90.4 cm³/mol. The van der Waals surface area contributed by atoms with Crippen molar-refractivity contribution in [1.29, 1.82) is 0 Å². The van der Waals surface area contributed by atoms with E-state index in [9.17, 15) is 5.11 Å². The SMILES string of the molecule is Cn1cc(O[C@@H]2CN(c3ncnc4cc(Cl)ccc34)C[C@H]2O)cn1. The predicted octanol–water partition coefficient (Wildman–Crippen LogP) is 1.65. The molecule has 0 unspecified atom stereocenters. The van der Waals surface area contributed by atoms with Gasteiger partial charge in [-0.1, -0.05) is 11.6 Å². The molecule has 0 radical (unpaired) electrons. The molecule has 2 atom stereocenters. The molecule has 0 aliphatic carbocycles. The molecule has 1 saturated heterocycles. The third kappa shape index (κ3) is 2.76. The summed E-state index contributed by atoms with van der Waals surface area (Å²) in [5.74, 6) is 1.41. The fourth-order valence-electron chi connectivity index (χ4n) is 2.95. The topological polar surface area (TPSA) is 76.3 Å². The van der Waals surface area contributed by atoms with Crippen LogP contribution in [0.2, 0.25) is 5.02 Å². The number of hydrogen-bond acceptors (Lipinski definition) is 6. The second-order valence-corrected chi connectivity index (χ2v) is 6.27. The van der Waals surface area contributed by atoms with Gasteiger partial charge in [-0.05, 0) is 18.2 Å². The maximum atomic E-state index is 10.3. The van der Waals surface area contributed by atoms with E-state index in [4.69, 9.17) is 16.3 Å². The van der Waals surface area contributed by atoms with Crippen molar-refractivity contribution in [2.75, 3.05) is 18.0 Å². The summed E-state index contributed by atoms with van der Waals surface area (Å²) in [5, 5.41) is 16.0. The van der Waals surface area contributed by atoms with E-state index in [-0.39, 0.29) is 6.10 Å². The monoisotopic (exact) mass is 345 g/mol. The molecular formula is C16H16ClN5O2. The number of fused-ring (bicyclic) bond motifs is 1. The van der Waals surface area contributed by atoms with Gasteiger partial charge in [0.15, 0.2) is 5.75 Å². The summed E-state index contributed by atoms with van der Waals surface area (Å²) in [6, 6.07) is 5.51. The largest absolute Gasteiger partial charge is 0.482 e. The Bertz CT molecular complexity index is 884. The third-order valence-electron chi connectivity index (χ3n) is 4.08. The maximum absolute atomic E-state index is 10.3. The molecule has 1 aliphatic heterocycles. The first kappa shape index (κ1) is 15.2. The molecule has 1 fully saturated rings. The Morgan fingerprint density at radius 1 is 1.29 bits per heavy atom. The number of hydrogen-bond donors (Lipinski definition) is 1. The van der Waals surface area contributed by atoms with E-state index >= 15 is 0 Å². The summed E-state index contributed by atoms with van der Waals surface area (Å²) in [7, 11) is 1.82. The molecular weight excluding hydrogens is 330 g/mol. The Morgan fingerprint density at radius 2 is 2.17 bits per heavy atom. The summed E-state index contributed by atoms with van der Waals surface area (Å²) >= 11 is 6.03. The normalized spacial score (nSPS) is 20.7. The Balaban J connectivity index is 1.59. The number of aliphatic hydroxyl groups is 1. The lowest BCUT2D eigenvalue weighted by Crippen LogP contribution is -2.29. The van der Waals surface area contributed by atoms with Crippen molar-refractivity contribution in [3.8, 4) is 5.75 Å². The summed E-state index contributed by atoms with van der Waals surface area (Å²) in [4.78, 5) is 10.6. The van der Waals surface area contributed by atoms with Gasteiger partial charge in [0.25, 0.3) is 0 Å². The third-order valence-corrected chi connectivity index (χ3v) is 4.32. The van der Waals surface area contributed by atoms with Crippen LogP contribution in [-0.2, 0) is 7.05 Å². The van der Waals surface area contributed by atoms with E-state index in [1.807, 2.05) is 24.1 Å². The summed E-state index contributed by atoms with van der Waals surface area (Å²) in [6.45, 7) is 0.977. The van der Waals surface area contributed by atoms with Crippen LogP contribution in [0.25, 0.3) is 10.9 Å². The Morgan fingerprint density at radius 3 is 2.96 bits per heavy atom. The smallest absolute Gasteiger partial charge is 0.157 e. The van der Waals surface area contributed by atoms with Crippen LogP contribution in [0.1, 0.15) is 0 Å². The second kappa shape index (κ2) is 5.92. The first-order valence-corrected chi connectivity index (χ1v) is 7.96. The minimum atomic E-state index is -0.609. The molecule has 0 saturated carbocycles. The van der Waals surface area contributed by atoms with Crippen LogP contribution < -0.4 is 9.64 Å². The molecule has 4 rings (SSSR count). The first-order valence-electron chi connectivity index (χ1n) is 7.59. The number of anilines is 1. The van der Waals surface area contributed by atoms with Gasteiger partial charge in [0, 0.05) is 24.0 Å². The van der Waals surface area contributed by atoms with Gasteiger partial charge in [0.1, 0.15) is 24.4 Å². The Hall–Kier alpha value is -2.38. The molecule has 0 bridgehead atoms. The Labute approximate surface area is 143 Å². The van der Waals surface area contributed by atoms with E-state index in [1.54, 1.807) is 23.1 Å². The number of aliphatic hydroxyl groups excluding tert-OH is 1. The highest BCUT2D eigenvalue weighted by Crippen LogP contribution is 2.29. The van der Waals surface area contributed by atoms with Gasteiger partial charge in [-0.15, -0.1) is 0 Å². The van der Waals surface area contributed by atoms with E-state index in [0.29, 0.717) is 23.9 Å². The number of aryl methyl sites for hydroxylation is 1. The number of nitrogens with zero attached hydrogens (tertiary/aromatic N) is 5. The van der Waals surface area contributed by atoms with Gasteiger partial charge < -0.3 is 14.7 Å². The molecule has 1 aromatic carbocycles. The van der Waals surface area contributed by atoms with E-state index < -0.39 is 6.10 Å². The molecule has 3 heterocycles. The zero-order chi connectivity index (χ0) is 16.7. The lowest BCUT2D eigenvalue weighted by Gasteiger charge is -2.18. The van der Waals surface area contributed by atoms with Crippen LogP contribution in [0.5, 0.6) is 5.75 Å². The summed E-state index contributed by atoms with van der Waals surface area (Å²) < 4.78 is 7.51. The molecule has 1 N–H and O–H groups in total. The highest BCUT2D eigenvalue weighted by molar-refractivity contribution is 6.31. The van der Waals surface area contributed by atoms with Crippen molar-refractivity contribution >= 4 is 28.3 Å². The lowest BCUT2D eigenvalue weighted by molar-refractivity contribution is 0.0737. The number of halogens is 1. The Kier molecular flexibility index (Phi) is 3.74. The van der Waals surface area contributed by atoms with Gasteiger partial charge in [0.05, 0.1) is 24.5 Å². The number of aromatic nitrogens is 4. The quantitative estimate of drug-likeness (QED) is 0.777. The van der Waals surface area contributed by atoms with Crippen molar-refractivity contribution in [3.05, 3.63) is 41.9 Å². The molecule has 24 heavy (non-hydrogen) atoms. The van der Waals surface area contributed by atoms with Crippen LogP contribution in [0.3, 0.4) is 0 Å². The summed E-state index contributed by atoms with van der Waals surface area (Å²) in [5.41, 5.74) is 0.776. The van der Waals surface area contributed by atoms with E-state index in [0.717, 1.165) is 16.7 Å². The van der Waals surface area contributed by atoms with Crippen molar-refractivity contribution < 1.29 is 9.84 Å². The van der Waals surface area contributed by atoms with E-state index in [1.165, 1.54) is 6.33 Å². The van der Waals surface area contributed by atoms with E-state index in [2.05, 4.69) is 15.1 Å². The maximum Gasteiger partial charge on any atom is 0.157 e. The average Bonchev–Trinajstić information content (AvgIpc) is 3.13. The average molecular weight is 346 g/mol. The molecule has 3 aromatic rings. The first-order chi connectivity index (χ1) is 11.6. The van der Waals surface area contributed by atoms with Gasteiger partial charge >= 0.3 is 0 Å². The van der Waals surface area contributed by atoms with Crippen molar-refractivity contribution in [2.24, 2.45) is 7.05 Å². The zero-order valence-electron chi connectivity index (χ0n) is 13.0. The van der Waals surface area contributed by atoms with Gasteiger partial charge in [-0.2, -0.15) is 5.10 Å². The standard InChI is InChI=1S/C16H16ClN5O2/c1-21-6-11(5-20-21)24-15-8-22(7-14(15)23)16-12-3-2-10(17)4-13(12)18-9-19-16/h2-6,9,14-15,23H,7-8H2,1H3/t14-,15-/m1/s1. The van der Waals surface area contributed by atoms with Gasteiger partial charge in [0.2, 0.25) is 0 Å². The van der Waals surface area contributed by atoms with Gasteiger partial charge in [-0.3, -0.25) is 4.68 Å². The molecule has 0 amide bonds. The summed E-state index contributed by atoms with van der Waals surface area (Å²) in [6.07, 6.45) is 3.97. The fraction of sp³-hybridized carbons (Fsp3) is 0.312. The molecule has 7 nitrogen and oxygen atoms in total. The number of ether oxygens (including phenoxy) is 1. The fourth-order valence-corrected chi connectivity index (χ4v) is 3.11. The van der Waals surface area contributed by atoms with Crippen molar-refractivity contribution in [3.63, 3.8) is 0 Å². The van der Waals surface area contributed by atoms with Crippen LogP contribution >= 0.6 is 11.6 Å². The highest BCUT2D eigenvalue weighted by atomic mass is 35.5. The van der Waals surface area contributed by atoms with Crippen LogP contribution in [0.4, 0.5) is 5.82 Å². The van der Waals surface area contributed by atoms with Gasteiger partial charge in [-0.25, -0.2) is 9.97 Å². The van der Waals surface area contributed by atoms with Crippen molar-refractivity contribution in [1.82, 2.24) is 19.7 Å². The lowest BCUT2D eigenvalue weighted by atomic mass is 10.2. The van der Waals surface area contributed by atoms with Crippen LogP contribution in [-0.4, -0.2) is 50.2 Å².